The van der Waals surface area contributed by atoms with E-state index in [0.29, 0.717) is 13.2 Å². The molecule has 1 N–H and O–H groups in total. The van der Waals surface area contributed by atoms with Crippen molar-refractivity contribution in [2.24, 2.45) is 0 Å². The number of nitrogens with one attached hydrogen (secondary N) is 1. The Morgan fingerprint density at radius 1 is 1.12 bits per heavy atom. The van der Waals surface area contributed by atoms with Crippen molar-refractivity contribution in [1.29, 1.82) is 0 Å². The molecular weight excluding hydrogens is 318 g/mol. The summed E-state index contributed by atoms with van der Waals surface area (Å²) < 4.78 is 14.0. The summed E-state index contributed by atoms with van der Waals surface area (Å²) in [7, 11) is 1.83. The lowest BCUT2D eigenvalue weighted by Gasteiger charge is -2.28. The fourth-order valence-corrected chi connectivity index (χ4v) is 3.31. The van der Waals surface area contributed by atoms with Gasteiger partial charge in [0, 0.05) is 25.6 Å². The molecule has 1 fully saturated rings. The predicted octanol–water partition coefficient (Wildman–Crippen LogP) is 2.55. The van der Waals surface area contributed by atoms with E-state index in [0.717, 1.165) is 41.9 Å². The van der Waals surface area contributed by atoms with E-state index in [1.807, 2.05) is 36.1 Å². The van der Waals surface area contributed by atoms with Gasteiger partial charge in [-0.1, -0.05) is 30.3 Å². The molecule has 0 unspecified atom stereocenters. The van der Waals surface area contributed by atoms with E-state index in [1.54, 1.807) is 6.33 Å². The largest absolute Gasteiger partial charge is 0.371 e. The number of hydrogen-bond donors (Lipinski definition) is 1. The Labute approximate surface area is 146 Å². The van der Waals surface area contributed by atoms with Gasteiger partial charge in [-0.25, -0.2) is 15.0 Å². The number of anilines is 1. The van der Waals surface area contributed by atoms with Crippen molar-refractivity contribution in [3.8, 4) is 0 Å². The molecule has 3 heterocycles. The molecule has 1 aliphatic rings. The quantitative estimate of drug-likeness (QED) is 0.744. The molecule has 0 radical (unpaired) electrons. The highest BCUT2D eigenvalue weighted by Gasteiger charge is 2.37. The van der Waals surface area contributed by atoms with Gasteiger partial charge in [0.1, 0.15) is 11.8 Å². The zero-order chi connectivity index (χ0) is 17.1. The molecular formula is C18H21N5O2. The lowest BCUT2D eigenvalue weighted by Crippen LogP contribution is -2.27. The molecule has 1 aliphatic heterocycles. The van der Waals surface area contributed by atoms with Crippen LogP contribution in [0, 0.1) is 0 Å². The van der Waals surface area contributed by atoms with Crippen molar-refractivity contribution in [2.75, 3.05) is 25.6 Å². The number of rotatable bonds is 6. The second-order valence-electron chi connectivity index (χ2n) is 6.00. The second-order valence-corrected chi connectivity index (χ2v) is 6.00. The summed E-state index contributed by atoms with van der Waals surface area (Å²) in [5.41, 5.74) is 2.69. The first-order chi connectivity index (χ1) is 12.3. The van der Waals surface area contributed by atoms with Gasteiger partial charge in [-0.3, -0.25) is 0 Å². The standard InChI is InChI=1S/C18H21N5O2/c1-19-16-15-17(21-12-20-16)23(13-22-15)9-5-8-18(24-10-11-25-18)14-6-3-2-4-7-14/h2-4,6-7,12-13H,5,8-11H2,1H3,(H,19,20,21). The third kappa shape index (κ3) is 2.96. The topological polar surface area (TPSA) is 74.1 Å². The minimum atomic E-state index is -0.636. The van der Waals surface area contributed by atoms with Crippen LogP contribution in [0.1, 0.15) is 18.4 Å². The van der Waals surface area contributed by atoms with Crippen LogP contribution in [-0.4, -0.2) is 39.8 Å². The number of ether oxygens (including phenoxy) is 2. The molecule has 7 nitrogen and oxygen atoms in total. The second kappa shape index (κ2) is 6.78. The smallest absolute Gasteiger partial charge is 0.195 e. The summed E-state index contributed by atoms with van der Waals surface area (Å²) in [5, 5.41) is 3.04. The molecule has 0 aliphatic carbocycles. The van der Waals surface area contributed by atoms with Gasteiger partial charge in [0.05, 0.1) is 19.5 Å². The minimum absolute atomic E-state index is 0.627. The number of hydrogen-bond acceptors (Lipinski definition) is 6. The third-order valence-electron chi connectivity index (χ3n) is 4.51. The van der Waals surface area contributed by atoms with Crippen molar-refractivity contribution in [2.45, 2.75) is 25.2 Å². The van der Waals surface area contributed by atoms with Crippen LogP contribution in [0.4, 0.5) is 5.82 Å². The molecule has 1 aromatic carbocycles. The maximum absolute atomic E-state index is 5.99. The molecule has 25 heavy (non-hydrogen) atoms. The highest BCUT2D eigenvalue weighted by molar-refractivity contribution is 5.82. The average Bonchev–Trinajstić information content (AvgIpc) is 3.31. The highest BCUT2D eigenvalue weighted by Crippen LogP contribution is 2.36. The van der Waals surface area contributed by atoms with E-state index in [1.165, 1.54) is 0 Å². The van der Waals surface area contributed by atoms with Crippen molar-refractivity contribution in [3.63, 3.8) is 0 Å². The molecule has 0 amide bonds. The molecule has 1 saturated heterocycles. The van der Waals surface area contributed by atoms with Crippen molar-refractivity contribution in [1.82, 2.24) is 19.5 Å². The monoisotopic (exact) mass is 339 g/mol. The van der Waals surface area contributed by atoms with Crippen molar-refractivity contribution >= 4 is 17.0 Å². The summed E-state index contributed by atoms with van der Waals surface area (Å²) in [6.07, 6.45) is 5.03. The van der Waals surface area contributed by atoms with E-state index >= 15 is 0 Å². The zero-order valence-corrected chi connectivity index (χ0v) is 14.2. The maximum atomic E-state index is 5.99. The van der Waals surface area contributed by atoms with Crippen LogP contribution in [0.25, 0.3) is 11.2 Å². The van der Waals surface area contributed by atoms with Crippen molar-refractivity contribution in [3.05, 3.63) is 48.5 Å². The normalized spacial score (nSPS) is 16.4. The molecule has 0 bridgehead atoms. The Morgan fingerprint density at radius 2 is 1.92 bits per heavy atom. The first kappa shape index (κ1) is 16.0. The van der Waals surface area contributed by atoms with Crippen LogP contribution < -0.4 is 5.32 Å². The van der Waals surface area contributed by atoms with E-state index < -0.39 is 5.79 Å². The number of nitrogens with zero attached hydrogens (tertiary/aromatic N) is 4. The number of benzene rings is 1. The van der Waals surface area contributed by atoms with Gasteiger partial charge in [0.2, 0.25) is 0 Å². The Kier molecular flexibility index (Phi) is 4.33. The van der Waals surface area contributed by atoms with E-state index in [9.17, 15) is 0 Å². The van der Waals surface area contributed by atoms with Gasteiger partial charge in [-0.05, 0) is 6.42 Å². The Morgan fingerprint density at radius 3 is 2.68 bits per heavy atom. The van der Waals surface area contributed by atoms with E-state index in [4.69, 9.17) is 9.47 Å². The first-order valence-corrected chi connectivity index (χ1v) is 8.49. The summed E-state index contributed by atoms with van der Waals surface area (Å²) in [5.74, 6) is 0.106. The van der Waals surface area contributed by atoms with Gasteiger partial charge >= 0.3 is 0 Å². The van der Waals surface area contributed by atoms with Gasteiger partial charge in [-0.2, -0.15) is 0 Å². The lowest BCUT2D eigenvalue weighted by atomic mass is 10.0. The van der Waals surface area contributed by atoms with E-state index in [2.05, 4.69) is 32.4 Å². The van der Waals surface area contributed by atoms with Crippen LogP contribution in [0.5, 0.6) is 0 Å². The summed E-state index contributed by atoms with van der Waals surface area (Å²) in [6, 6.07) is 10.2. The first-order valence-electron chi connectivity index (χ1n) is 8.49. The SMILES string of the molecule is CNc1ncnc2c1ncn2CCCC1(c2ccccc2)OCCO1. The molecule has 0 atom stereocenters. The summed E-state index contributed by atoms with van der Waals surface area (Å²) in [4.78, 5) is 13.0. The van der Waals surface area contributed by atoms with E-state index in [-0.39, 0.29) is 0 Å². The van der Waals surface area contributed by atoms with Crippen LogP contribution in [0.3, 0.4) is 0 Å². The molecule has 0 saturated carbocycles. The van der Waals surface area contributed by atoms with Crippen LogP contribution in [0.15, 0.2) is 43.0 Å². The number of imidazole rings is 1. The third-order valence-corrected chi connectivity index (χ3v) is 4.51. The van der Waals surface area contributed by atoms with Crippen LogP contribution in [-0.2, 0) is 21.8 Å². The molecule has 7 heteroatoms. The molecule has 3 aromatic rings. The lowest BCUT2D eigenvalue weighted by molar-refractivity contribution is -0.172. The number of fused-ring (bicyclic) bond motifs is 1. The number of aromatic nitrogens is 4. The molecule has 0 spiro atoms. The van der Waals surface area contributed by atoms with Crippen LogP contribution in [0.2, 0.25) is 0 Å². The fourth-order valence-electron chi connectivity index (χ4n) is 3.31. The molecule has 4 rings (SSSR count). The van der Waals surface area contributed by atoms with Crippen LogP contribution >= 0.6 is 0 Å². The van der Waals surface area contributed by atoms with Gasteiger partial charge in [-0.15, -0.1) is 0 Å². The van der Waals surface area contributed by atoms with Gasteiger partial charge in [0.15, 0.2) is 17.3 Å². The Balaban J connectivity index is 1.50. The fraction of sp³-hybridized carbons (Fsp3) is 0.389. The molecule has 2 aromatic heterocycles. The zero-order valence-electron chi connectivity index (χ0n) is 14.2. The number of aryl methyl sites for hydroxylation is 1. The minimum Gasteiger partial charge on any atom is -0.371 e. The predicted molar refractivity (Wildman–Crippen MR) is 94.1 cm³/mol. The Bertz CT molecular complexity index is 843. The van der Waals surface area contributed by atoms with Crippen molar-refractivity contribution < 1.29 is 9.47 Å². The molecule has 130 valence electrons. The summed E-state index contributed by atoms with van der Waals surface area (Å²) in [6.45, 7) is 2.04. The maximum Gasteiger partial charge on any atom is 0.195 e. The average molecular weight is 339 g/mol. The summed E-state index contributed by atoms with van der Waals surface area (Å²) >= 11 is 0. The Hall–Kier alpha value is -2.51. The highest BCUT2D eigenvalue weighted by atomic mass is 16.7. The van der Waals surface area contributed by atoms with Gasteiger partial charge < -0.3 is 19.4 Å². The van der Waals surface area contributed by atoms with Gasteiger partial charge in [0.25, 0.3) is 0 Å².